The number of benzene rings is 2. The molecule has 3 rings (SSSR count). The molecule has 0 fully saturated rings. The largest absolute Gasteiger partial charge is 0.326 e. The number of halogens is 1. The molecule has 0 amide bonds. The van der Waals surface area contributed by atoms with Gasteiger partial charge in [0, 0.05) is 6.54 Å². The highest BCUT2D eigenvalue weighted by atomic mass is 32.2. The third-order valence-corrected chi connectivity index (χ3v) is 5.60. The van der Waals surface area contributed by atoms with Gasteiger partial charge in [-0.25, -0.2) is 17.6 Å². The number of anilines is 1. The van der Waals surface area contributed by atoms with Crippen molar-refractivity contribution in [1.82, 2.24) is 9.97 Å². The first kappa shape index (κ1) is 16.9. The van der Waals surface area contributed by atoms with E-state index in [-0.39, 0.29) is 22.3 Å². The normalized spacial score (nSPS) is 11.6. The number of nitrogens with one attached hydrogen (secondary N) is 2. The van der Waals surface area contributed by atoms with E-state index in [4.69, 9.17) is 0 Å². The van der Waals surface area contributed by atoms with Crippen LogP contribution in [0.25, 0.3) is 10.9 Å². The predicted molar refractivity (Wildman–Crippen MR) is 91.8 cm³/mol. The van der Waals surface area contributed by atoms with Crippen LogP contribution in [-0.4, -0.2) is 24.9 Å². The van der Waals surface area contributed by atoms with Crippen molar-refractivity contribution in [2.45, 2.75) is 11.8 Å². The molecule has 0 aliphatic heterocycles. The van der Waals surface area contributed by atoms with E-state index in [0.29, 0.717) is 5.69 Å². The average molecular weight is 363 g/mol. The van der Waals surface area contributed by atoms with Crippen molar-refractivity contribution in [1.29, 1.82) is 0 Å². The Hall–Kier alpha value is -2.94. The fraction of sp³-hybridized carbons (Fsp3) is 0.125. The number of H-pyrrole nitrogens is 2. The quantitative estimate of drug-likeness (QED) is 0.734. The Balaban J connectivity index is 2.15. The number of rotatable bonds is 4. The van der Waals surface area contributed by atoms with Gasteiger partial charge in [0.05, 0.1) is 21.5 Å². The number of hydrogen-bond donors (Lipinski definition) is 2. The molecule has 0 atom stereocenters. The summed E-state index contributed by atoms with van der Waals surface area (Å²) in [6.07, 6.45) is 0. The van der Waals surface area contributed by atoms with Gasteiger partial charge in [0.2, 0.25) is 0 Å². The Bertz CT molecular complexity index is 1150. The van der Waals surface area contributed by atoms with Crippen LogP contribution in [0.15, 0.2) is 56.9 Å². The summed E-state index contributed by atoms with van der Waals surface area (Å²) in [5.41, 5.74) is -0.813. The van der Waals surface area contributed by atoms with Crippen LogP contribution in [0.4, 0.5) is 10.1 Å². The Kier molecular flexibility index (Phi) is 4.17. The van der Waals surface area contributed by atoms with E-state index in [1.807, 2.05) is 0 Å². The van der Waals surface area contributed by atoms with Gasteiger partial charge in [0.15, 0.2) is 0 Å². The summed E-state index contributed by atoms with van der Waals surface area (Å²) in [5, 5.41) is 0.0517. The van der Waals surface area contributed by atoms with Crippen LogP contribution in [0.5, 0.6) is 0 Å². The molecule has 1 aromatic heterocycles. The highest BCUT2D eigenvalue weighted by Crippen LogP contribution is 2.24. The van der Waals surface area contributed by atoms with Crippen LogP contribution in [-0.2, 0) is 10.0 Å². The van der Waals surface area contributed by atoms with E-state index < -0.39 is 27.1 Å². The van der Waals surface area contributed by atoms with Crippen molar-refractivity contribution >= 4 is 26.6 Å². The predicted octanol–water partition coefficient (Wildman–Crippen LogP) is 1.57. The molecule has 7 nitrogen and oxygen atoms in total. The molecule has 1 heterocycles. The molecule has 25 heavy (non-hydrogen) atoms. The van der Waals surface area contributed by atoms with Crippen LogP contribution in [0.1, 0.15) is 6.92 Å². The molecule has 0 saturated carbocycles. The lowest BCUT2D eigenvalue weighted by Crippen LogP contribution is -2.31. The van der Waals surface area contributed by atoms with Gasteiger partial charge in [-0.15, -0.1) is 0 Å². The van der Waals surface area contributed by atoms with E-state index in [9.17, 15) is 22.4 Å². The molecule has 0 bridgehead atoms. The van der Waals surface area contributed by atoms with Gasteiger partial charge < -0.3 is 4.98 Å². The molecule has 0 saturated heterocycles. The zero-order valence-corrected chi connectivity index (χ0v) is 13.9. The lowest BCUT2D eigenvalue weighted by molar-refractivity contribution is 0.591. The van der Waals surface area contributed by atoms with Crippen molar-refractivity contribution in [3.05, 3.63) is 69.1 Å². The van der Waals surface area contributed by atoms with E-state index in [1.54, 1.807) is 6.92 Å². The molecule has 0 unspecified atom stereocenters. The molecule has 0 radical (unpaired) electrons. The molecule has 0 spiro atoms. The number of sulfonamides is 1. The summed E-state index contributed by atoms with van der Waals surface area (Å²) in [5.74, 6) is -0.474. The smallest absolute Gasteiger partial charge is 0.307 e. The Morgan fingerprint density at radius 2 is 1.72 bits per heavy atom. The van der Waals surface area contributed by atoms with Crippen molar-refractivity contribution in [2.75, 3.05) is 10.8 Å². The van der Waals surface area contributed by atoms with Crippen LogP contribution in [0.2, 0.25) is 0 Å². The maximum absolute atomic E-state index is 13.1. The van der Waals surface area contributed by atoms with Crippen LogP contribution < -0.4 is 15.6 Å². The number of nitrogens with zero attached hydrogens (tertiary/aromatic N) is 1. The zero-order chi connectivity index (χ0) is 18.2. The Labute approximate surface area is 141 Å². The second-order valence-electron chi connectivity index (χ2n) is 5.26. The Morgan fingerprint density at radius 3 is 2.36 bits per heavy atom. The van der Waals surface area contributed by atoms with Gasteiger partial charge >= 0.3 is 5.69 Å². The minimum absolute atomic E-state index is 0.0517. The summed E-state index contributed by atoms with van der Waals surface area (Å²) in [4.78, 5) is 27.6. The second-order valence-corrected chi connectivity index (χ2v) is 7.12. The molecule has 0 aliphatic carbocycles. The summed E-state index contributed by atoms with van der Waals surface area (Å²) in [6.45, 7) is 1.76. The van der Waals surface area contributed by atoms with Gasteiger partial charge in [-0.3, -0.25) is 14.1 Å². The van der Waals surface area contributed by atoms with Gasteiger partial charge in [-0.2, -0.15) is 0 Å². The lowest BCUT2D eigenvalue weighted by Gasteiger charge is -2.23. The maximum Gasteiger partial charge on any atom is 0.326 e. The zero-order valence-electron chi connectivity index (χ0n) is 13.1. The first-order valence-corrected chi connectivity index (χ1v) is 8.81. The summed E-state index contributed by atoms with van der Waals surface area (Å²) < 4.78 is 40.0. The second kappa shape index (κ2) is 6.17. The number of aromatic amines is 2. The van der Waals surface area contributed by atoms with Crippen molar-refractivity contribution < 1.29 is 12.8 Å². The van der Waals surface area contributed by atoms with Gasteiger partial charge in [-0.05, 0) is 49.4 Å². The third kappa shape index (κ3) is 3.05. The molecule has 2 N–H and O–H groups in total. The van der Waals surface area contributed by atoms with Crippen LogP contribution in [0.3, 0.4) is 0 Å². The number of hydrogen-bond acceptors (Lipinski definition) is 4. The standard InChI is InChI=1S/C16H14FN3O4S/c1-2-20(11-5-3-10(17)4-6-11)25(23,24)12-7-8-14-13(9-12)15(21)19-16(22)18-14/h3-9H,2H2,1H3,(H2,18,19,21,22). The fourth-order valence-corrected chi connectivity index (χ4v) is 4.03. The monoisotopic (exact) mass is 363 g/mol. The molecule has 3 aromatic rings. The summed E-state index contributed by atoms with van der Waals surface area (Å²) in [6, 6.07) is 8.93. The van der Waals surface area contributed by atoms with Crippen LogP contribution >= 0.6 is 0 Å². The van der Waals surface area contributed by atoms with E-state index in [1.165, 1.54) is 42.5 Å². The third-order valence-electron chi connectivity index (χ3n) is 3.70. The molecule has 2 aromatic carbocycles. The number of fused-ring (bicyclic) bond motifs is 1. The first-order chi connectivity index (χ1) is 11.8. The highest BCUT2D eigenvalue weighted by Gasteiger charge is 2.24. The molecule has 0 aliphatic rings. The minimum Gasteiger partial charge on any atom is -0.307 e. The fourth-order valence-electron chi connectivity index (χ4n) is 2.53. The van der Waals surface area contributed by atoms with Crippen molar-refractivity contribution in [3.8, 4) is 0 Å². The topological polar surface area (TPSA) is 103 Å². The molecular weight excluding hydrogens is 349 g/mol. The Morgan fingerprint density at radius 1 is 1.04 bits per heavy atom. The highest BCUT2D eigenvalue weighted by molar-refractivity contribution is 7.92. The number of aromatic nitrogens is 2. The summed E-state index contributed by atoms with van der Waals surface area (Å²) in [7, 11) is -3.97. The maximum atomic E-state index is 13.1. The van der Waals surface area contributed by atoms with Crippen molar-refractivity contribution in [2.24, 2.45) is 0 Å². The van der Waals surface area contributed by atoms with Gasteiger partial charge in [0.25, 0.3) is 15.6 Å². The van der Waals surface area contributed by atoms with Crippen LogP contribution in [0, 0.1) is 5.82 Å². The first-order valence-electron chi connectivity index (χ1n) is 7.37. The van der Waals surface area contributed by atoms with Crippen molar-refractivity contribution in [3.63, 3.8) is 0 Å². The molecular formula is C16H14FN3O4S. The van der Waals surface area contributed by atoms with E-state index in [0.717, 1.165) is 4.31 Å². The SMILES string of the molecule is CCN(c1ccc(F)cc1)S(=O)(=O)c1ccc2[nH]c(=O)[nH]c(=O)c2c1. The average Bonchev–Trinajstić information content (AvgIpc) is 2.56. The lowest BCUT2D eigenvalue weighted by atomic mass is 10.2. The minimum atomic E-state index is -3.97. The van der Waals surface area contributed by atoms with E-state index >= 15 is 0 Å². The van der Waals surface area contributed by atoms with Gasteiger partial charge in [0.1, 0.15) is 5.82 Å². The van der Waals surface area contributed by atoms with E-state index in [2.05, 4.69) is 9.97 Å². The van der Waals surface area contributed by atoms with Gasteiger partial charge in [-0.1, -0.05) is 0 Å². The summed E-state index contributed by atoms with van der Waals surface area (Å²) >= 11 is 0. The molecule has 130 valence electrons. The molecule has 9 heteroatoms.